The van der Waals surface area contributed by atoms with E-state index in [0.29, 0.717) is 23.0 Å². The van der Waals surface area contributed by atoms with Crippen molar-refractivity contribution >= 4 is 17.5 Å². The van der Waals surface area contributed by atoms with Crippen molar-refractivity contribution in [1.82, 2.24) is 20.3 Å². The van der Waals surface area contributed by atoms with Gasteiger partial charge < -0.3 is 10.3 Å². The van der Waals surface area contributed by atoms with E-state index in [2.05, 4.69) is 20.3 Å². The number of halogens is 1. The van der Waals surface area contributed by atoms with Crippen LogP contribution < -0.4 is 5.32 Å². The zero-order valence-corrected chi connectivity index (χ0v) is 13.8. The number of fused-ring (bicyclic) bond motifs is 1. The molecule has 24 heavy (non-hydrogen) atoms. The highest BCUT2D eigenvalue weighted by molar-refractivity contribution is 6.30. The minimum Gasteiger partial charge on any atom is -0.356 e. The summed E-state index contributed by atoms with van der Waals surface area (Å²) in [6.07, 6.45) is 2.53. The maximum Gasteiger partial charge on any atom is 0.253 e. The van der Waals surface area contributed by atoms with E-state index in [0.717, 1.165) is 34.6 Å². The molecule has 120 valence electrons. The van der Waals surface area contributed by atoms with Crippen molar-refractivity contribution in [2.24, 2.45) is 0 Å². The average molecular weight is 339 g/mol. The van der Waals surface area contributed by atoms with Gasteiger partial charge in [-0.1, -0.05) is 11.6 Å². The van der Waals surface area contributed by atoms with Crippen LogP contribution in [0.2, 0.25) is 5.02 Å². The van der Waals surface area contributed by atoms with Gasteiger partial charge in [-0.15, -0.1) is 0 Å². The Morgan fingerprint density at radius 3 is 2.83 bits per heavy atom. The summed E-state index contributed by atoms with van der Waals surface area (Å²) >= 11 is 6.02. The summed E-state index contributed by atoms with van der Waals surface area (Å²) in [6.45, 7) is 2.64. The first kappa shape index (κ1) is 14.9. The summed E-state index contributed by atoms with van der Waals surface area (Å²) in [7, 11) is 0. The minimum atomic E-state index is -0.0402. The van der Waals surface area contributed by atoms with E-state index >= 15 is 0 Å². The lowest BCUT2D eigenvalue weighted by Crippen LogP contribution is -2.31. The first-order chi connectivity index (χ1) is 11.6. The number of rotatable bonds is 2. The van der Waals surface area contributed by atoms with Crippen LogP contribution in [-0.4, -0.2) is 27.4 Å². The third-order valence-electron chi connectivity index (χ3n) is 4.17. The highest BCUT2D eigenvalue weighted by atomic mass is 35.5. The van der Waals surface area contributed by atoms with Gasteiger partial charge in [0.15, 0.2) is 5.82 Å². The van der Waals surface area contributed by atoms with Crippen molar-refractivity contribution in [3.8, 4) is 22.8 Å². The van der Waals surface area contributed by atoms with Gasteiger partial charge in [0.25, 0.3) is 5.91 Å². The number of aryl methyl sites for hydroxylation is 1. The van der Waals surface area contributed by atoms with E-state index in [9.17, 15) is 4.79 Å². The van der Waals surface area contributed by atoms with E-state index in [-0.39, 0.29) is 5.91 Å². The zero-order chi connectivity index (χ0) is 16.7. The third kappa shape index (κ3) is 2.57. The Hall–Kier alpha value is -2.66. The predicted octanol–water partition coefficient (Wildman–Crippen LogP) is 3.39. The molecule has 0 saturated carbocycles. The first-order valence-electron chi connectivity index (χ1n) is 7.72. The van der Waals surface area contributed by atoms with Crippen molar-refractivity contribution in [3.63, 3.8) is 0 Å². The van der Waals surface area contributed by atoms with Crippen LogP contribution in [0.25, 0.3) is 22.8 Å². The molecule has 0 spiro atoms. The molecule has 6 heteroatoms. The predicted molar refractivity (Wildman–Crippen MR) is 93.0 cm³/mol. The van der Waals surface area contributed by atoms with Crippen LogP contribution in [0.4, 0.5) is 0 Å². The van der Waals surface area contributed by atoms with Crippen LogP contribution >= 0.6 is 11.6 Å². The fraction of sp³-hybridized carbons (Fsp3) is 0.167. The quantitative estimate of drug-likeness (QED) is 0.752. The Morgan fingerprint density at radius 1 is 1.17 bits per heavy atom. The zero-order valence-electron chi connectivity index (χ0n) is 13.1. The van der Waals surface area contributed by atoms with Gasteiger partial charge in [-0.3, -0.25) is 4.79 Å². The van der Waals surface area contributed by atoms with Gasteiger partial charge in [-0.2, -0.15) is 0 Å². The lowest BCUT2D eigenvalue weighted by Gasteiger charge is -2.10. The van der Waals surface area contributed by atoms with E-state index < -0.39 is 0 Å². The monoisotopic (exact) mass is 338 g/mol. The van der Waals surface area contributed by atoms with Gasteiger partial charge >= 0.3 is 0 Å². The Balaban J connectivity index is 1.77. The molecule has 3 aromatic rings. The fourth-order valence-corrected chi connectivity index (χ4v) is 3.17. The van der Waals surface area contributed by atoms with Crippen LogP contribution in [0, 0.1) is 6.92 Å². The standard InChI is InChI=1S/C18H15ClN4O/c1-10-8-11(19)2-3-12(10)17-20-6-5-15(23-17)16-9-13-14(22-16)4-7-21-18(13)24/h2-3,5-6,8-9,22H,4,7H2,1H3,(H,21,24). The summed E-state index contributed by atoms with van der Waals surface area (Å²) in [5.41, 5.74) is 5.19. The molecule has 1 aromatic carbocycles. The number of carbonyl (C=O) groups excluding carboxylic acids is 1. The van der Waals surface area contributed by atoms with Crippen LogP contribution in [-0.2, 0) is 6.42 Å². The van der Waals surface area contributed by atoms with Gasteiger partial charge in [0.2, 0.25) is 0 Å². The second-order valence-electron chi connectivity index (χ2n) is 5.81. The summed E-state index contributed by atoms with van der Waals surface area (Å²) in [5.74, 6) is 0.597. The van der Waals surface area contributed by atoms with E-state index in [4.69, 9.17) is 11.6 Å². The average Bonchev–Trinajstić information content (AvgIpc) is 3.01. The molecule has 1 amide bonds. The van der Waals surface area contributed by atoms with Gasteiger partial charge in [-0.25, -0.2) is 9.97 Å². The van der Waals surface area contributed by atoms with Gasteiger partial charge in [0.05, 0.1) is 17.0 Å². The highest BCUT2D eigenvalue weighted by Gasteiger charge is 2.20. The number of amides is 1. The number of hydrogen-bond acceptors (Lipinski definition) is 3. The Labute approximate surface area is 144 Å². The maximum absolute atomic E-state index is 11.9. The van der Waals surface area contributed by atoms with Crippen molar-refractivity contribution in [1.29, 1.82) is 0 Å². The van der Waals surface area contributed by atoms with Crippen LogP contribution in [0.15, 0.2) is 36.5 Å². The molecule has 1 aliphatic rings. The number of aromatic nitrogens is 3. The van der Waals surface area contributed by atoms with Crippen molar-refractivity contribution in [2.45, 2.75) is 13.3 Å². The molecule has 0 fully saturated rings. The second kappa shape index (κ2) is 5.76. The Morgan fingerprint density at radius 2 is 2.04 bits per heavy atom. The van der Waals surface area contributed by atoms with E-state index in [1.54, 1.807) is 6.20 Å². The van der Waals surface area contributed by atoms with E-state index in [1.807, 2.05) is 37.3 Å². The molecule has 0 unspecified atom stereocenters. The molecule has 0 radical (unpaired) electrons. The van der Waals surface area contributed by atoms with E-state index in [1.165, 1.54) is 0 Å². The maximum atomic E-state index is 11.9. The molecule has 3 heterocycles. The fourth-order valence-electron chi connectivity index (χ4n) is 2.95. The molecule has 0 bridgehead atoms. The number of nitrogens with one attached hydrogen (secondary N) is 2. The number of nitrogens with zero attached hydrogens (tertiary/aromatic N) is 2. The summed E-state index contributed by atoms with van der Waals surface area (Å²) in [5, 5.41) is 3.54. The van der Waals surface area contributed by atoms with Crippen molar-refractivity contribution in [3.05, 3.63) is 58.4 Å². The molecular formula is C18H15ClN4O. The number of carbonyl (C=O) groups is 1. The van der Waals surface area contributed by atoms with Gasteiger partial charge in [-0.05, 0) is 42.8 Å². The number of benzene rings is 1. The van der Waals surface area contributed by atoms with Crippen molar-refractivity contribution in [2.75, 3.05) is 6.54 Å². The lowest BCUT2D eigenvalue weighted by molar-refractivity contribution is 0.0946. The van der Waals surface area contributed by atoms with Crippen molar-refractivity contribution < 1.29 is 4.79 Å². The SMILES string of the molecule is Cc1cc(Cl)ccc1-c1nccc(-c2cc3c([nH]2)CCNC3=O)n1. The topological polar surface area (TPSA) is 70.7 Å². The molecule has 4 rings (SSSR count). The van der Waals surface area contributed by atoms with Crippen LogP contribution in [0.3, 0.4) is 0 Å². The molecule has 2 aromatic heterocycles. The molecule has 5 nitrogen and oxygen atoms in total. The number of H-pyrrole nitrogens is 1. The van der Waals surface area contributed by atoms with Gasteiger partial charge in [0.1, 0.15) is 0 Å². The summed E-state index contributed by atoms with van der Waals surface area (Å²) in [6, 6.07) is 9.33. The normalized spacial score (nSPS) is 13.5. The Bertz CT molecular complexity index is 948. The summed E-state index contributed by atoms with van der Waals surface area (Å²) < 4.78 is 0. The second-order valence-corrected chi connectivity index (χ2v) is 6.24. The molecule has 0 atom stereocenters. The molecule has 0 aliphatic carbocycles. The number of aromatic amines is 1. The largest absolute Gasteiger partial charge is 0.356 e. The molecule has 2 N–H and O–H groups in total. The minimum absolute atomic E-state index is 0.0402. The molecular weight excluding hydrogens is 324 g/mol. The smallest absolute Gasteiger partial charge is 0.253 e. The number of hydrogen-bond donors (Lipinski definition) is 2. The highest BCUT2D eigenvalue weighted by Crippen LogP contribution is 2.26. The third-order valence-corrected chi connectivity index (χ3v) is 4.40. The molecule has 1 aliphatic heterocycles. The van der Waals surface area contributed by atoms with Gasteiger partial charge in [0, 0.05) is 35.4 Å². The molecule has 0 saturated heterocycles. The summed E-state index contributed by atoms with van der Waals surface area (Å²) in [4.78, 5) is 24.3. The Kier molecular flexibility index (Phi) is 3.58. The lowest BCUT2D eigenvalue weighted by atomic mass is 10.1. The van der Waals surface area contributed by atoms with Crippen LogP contribution in [0.5, 0.6) is 0 Å². The first-order valence-corrected chi connectivity index (χ1v) is 8.09. The van der Waals surface area contributed by atoms with Crippen LogP contribution in [0.1, 0.15) is 21.6 Å².